The zero-order valence-electron chi connectivity index (χ0n) is 15.2. The van der Waals surface area contributed by atoms with Crippen molar-refractivity contribution in [3.8, 4) is 5.82 Å². The topological polar surface area (TPSA) is 93.0 Å². The number of carbonyl (C=O) groups excluding carboxylic acids is 2. The molecule has 3 aromatic heterocycles. The molecule has 0 aromatic carbocycles. The third-order valence-electron chi connectivity index (χ3n) is 4.84. The zero-order chi connectivity index (χ0) is 19.3. The molecule has 1 fully saturated rings. The van der Waals surface area contributed by atoms with E-state index in [1.54, 1.807) is 17.2 Å². The summed E-state index contributed by atoms with van der Waals surface area (Å²) >= 11 is 1.45. The van der Waals surface area contributed by atoms with E-state index in [4.69, 9.17) is 0 Å². The van der Waals surface area contributed by atoms with Crippen LogP contribution in [-0.2, 0) is 11.3 Å². The number of nitrogens with zero attached hydrogens (tertiary/aromatic N) is 5. The van der Waals surface area contributed by atoms with E-state index in [1.807, 2.05) is 34.5 Å². The normalized spacial score (nSPS) is 14.8. The Morgan fingerprint density at radius 3 is 2.79 bits per heavy atom. The van der Waals surface area contributed by atoms with Crippen molar-refractivity contribution in [2.75, 3.05) is 13.1 Å². The smallest absolute Gasteiger partial charge is 0.263 e. The van der Waals surface area contributed by atoms with Crippen LogP contribution in [0.5, 0.6) is 0 Å². The summed E-state index contributed by atoms with van der Waals surface area (Å²) in [7, 11) is 0. The van der Waals surface area contributed by atoms with Gasteiger partial charge in [-0.1, -0.05) is 12.1 Å². The molecular formula is C19H20N6O2S. The Balaban J connectivity index is 1.32. The molecule has 0 saturated carbocycles. The first kappa shape index (κ1) is 18.3. The molecule has 8 nitrogen and oxygen atoms in total. The second kappa shape index (κ2) is 8.30. The van der Waals surface area contributed by atoms with Gasteiger partial charge in [-0.15, -0.1) is 11.3 Å². The highest BCUT2D eigenvalue weighted by Crippen LogP contribution is 2.21. The Bertz CT molecular complexity index is 933. The average molecular weight is 396 g/mol. The number of likely N-dealkylation sites (tertiary alicyclic amines) is 1. The van der Waals surface area contributed by atoms with E-state index in [-0.39, 0.29) is 17.7 Å². The van der Waals surface area contributed by atoms with Crippen LogP contribution in [0.4, 0.5) is 0 Å². The average Bonchev–Trinajstić information content (AvgIpc) is 3.46. The van der Waals surface area contributed by atoms with Crippen molar-refractivity contribution in [3.05, 3.63) is 58.9 Å². The molecule has 0 bridgehead atoms. The summed E-state index contributed by atoms with van der Waals surface area (Å²) in [5.74, 6) is 0.633. The molecule has 1 aliphatic heterocycles. The summed E-state index contributed by atoms with van der Waals surface area (Å²) < 4.78 is 1.58. The Kier molecular flexibility index (Phi) is 5.43. The number of hydrogen-bond acceptors (Lipinski definition) is 6. The van der Waals surface area contributed by atoms with Crippen LogP contribution in [-0.4, -0.2) is 49.6 Å². The highest BCUT2D eigenvalue weighted by molar-refractivity contribution is 7.12. The lowest BCUT2D eigenvalue weighted by Gasteiger charge is -2.31. The van der Waals surface area contributed by atoms with Crippen LogP contribution in [0.15, 0.2) is 48.5 Å². The lowest BCUT2D eigenvalue weighted by molar-refractivity contribution is -0.126. The summed E-state index contributed by atoms with van der Waals surface area (Å²) in [5, 5.41) is 9.01. The lowest BCUT2D eigenvalue weighted by Crippen LogP contribution is -2.42. The SMILES string of the molecule is O=C(NCc1cccnc1-n1cncn1)C1CCN(C(=O)c2cccs2)CC1. The summed E-state index contributed by atoms with van der Waals surface area (Å²) in [6.45, 7) is 1.58. The van der Waals surface area contributed by atoms with Crippen LogP contribution in [0.1, 0.15) is 28.1 Å². The molecule has 1 N–H and O–H groups in total. The van der Waals surface area contributed by atoms with Crippen molar-refractivity contribution in [1.29, 1.82) is 0 Å². The van der Waals surface area contributed by atoms with Gasteiger partial charge in [-0.25, -0.2) is 14.6 Å². The molecule has 1 aliphatic rings. The van der Waals surface area contributed by atoms with Gasteiger partial charge in [0.15, 0.2) is 5.82 Å². The highest BCUT2D eigenvalue weighted by atomic mass is 32.1. The molecule has 0 spiro atoms. The summed E-state index contributed by atoms with van der Waals surface area (Å²) in [6.07, 6.45) is 6.05. The second-order valence-corrected chi connectivity index (χ2v) is 7.54. The molecule has 0 aliphatic carbocycles. The van der Waals surface area contributed by atoms with E-state index in [1.165, 1.54) is 17.7 Å². The molecule has 144 valence electrons. The van der Waals surface area contributed by atoms with E-state index >= 15 is 0 Å². The van der Waals surface area contributed by atoms with Gasteiger partial charge in [0.25, 0.3) is 5.91 Å². The highest BCUT2D eigenvalue weighted by Gasteiger charge is 2.28. The minimum atomic E-state index is -0.0844. The van der Waals surface area contributed by atoms with Crippen LogP contribution in [0.2, 0.25) is 0 Å². The first-order valence-electron chi connectivity index (χ1n) is 9.12. The maximum Gasteiger partial charge on any atom is 0.263 e. The molecule has 28 heavy (non-hydrogen) atoms. The standard InChI is InChI=1S/C19H20N6O2S/c26-18(14-5-8-24(9-6-14)19(27)16-4-2-10-28-16)22-11-15-3-1-7-21-17(15)25-13-20-12-23-25/h1-4,7,10,12-14H,5-6,8-9,11H2,(H,22,26). The van der Waals surface area contributed by atoms with Gasteiger partial charge in [0.2, 0.25) is 5.91 Å². The number of nitrogens with one attached hydrogen (secondary N) is 1. The molecule has 0 atom stereocenters. The molecule has 4 rings (SSSR count). The number of amides is 2. The molecule has 4 heterocycles. The van der Waals surface area contributed by atoms with Crippen molar-refractivity contribution < 1.29 is 9.59 Å². The van der Waals surface area contributed by atoms with E-state index in [0.717, 1.165) is 10.4 Å². The van der Waals surface area contributed by atoms with Crippen LogP contribution in [0.3, 0.4) is 0 Å². The quantitative estimate of drug-likeness (QED) is 0.711. The van der Waals surface area contributed by atoms with E-state index in [2.05, 4.69) is 20.4 Å². The number of hydrogen-bond donors (Lipinski definition) is 1. The van der Waals surface area contributed by atoms with Crippen molar-refractivity contribution >= 4 is 23.2 Å². The number of pyridine rings is 1. The predicted molar refractivity (Wildman–Crippen MR) is 104 cm³/mol. The first-order chi connectivity index (χ1) is 13.7. The molecule has 0 unspecified atom stereocenters. The van der Waals surface area contributed by atoms with Gasteiger partial charge in [-0.05, 0) is 30.4 Å². The molecule has 9 heteroatoms. The van der Waals surface area contributed by atoms with Gasteiger partial charge in [-0.3, -0.25) is 9.59 Å². The second-order valence-electron chi connectivity index (χ2n) is 6.59. The van der Waals surface area contributed by atoms with E-state index in [0.29, 0.717) is 38.3 Å². The maximum atomic E-state index is 12.6. The Hall–Kier alpha value is -3.07. The largest absolute Gasteiger partial charge is 0.352 e. The lowest BCUT2D eigenvalue weighted by atomic mass is 9.95. The fourth-order valence-electron chi connectivity index (χ4n) is 3.32. The fourth-order valence-corrected chi connectivity index (χ4v) is 4.01. The van der Waals surface area contributed by atoms with Gasteiger partial charge >= 0.3 is 0 Å². The fraction of sp³-hybridized carbons (Fsp3) is 0.316. The third-order valence-corrected chi connectivity index (χ3v) is 5.70. The summed E-state index contributed by atoms with van der Waals surface area (Å²) in [6, 6.07) is 7.46. The Morgan fingerprint density at radius 1 is 1.21 bits per heavy atom. The minimum Gasteiger partial charge on any atom is -0.352 e. The molecule has 0 radical (unpaired) electrons. The van der Waals surface area contributed by atoms with Crippen LogP contribution >= 0.6 is 11.3 Å². The molecule has 1 saturated heterocycles. The van der Waals surface area contributed by atoms with Gasteiger partial charge in [0, 0.05) is 37.3 Å². The van der Waals surface area contributed by atoms with Gasteiger partial charge in [-0.2, -0.15) is 5.10 Å². The van der Waals surface area contributed by atoms with E-state index in [9.17, 15) is 9.59 Å². The minimum absolute atomic E-state index is 0.0108. The number of rotatable bonds is 5. The van der Waals surface area contributed by atoms with Crippen molar-refractivity contribution in [2.45, 2.75) is 19.4 Å². The van der Waals surface area contributed by atoms with Gasteiger partial charge in [0.05, 0.1) is 4.88 Å². The van der Waals surface area contributed by atoms with E-state index < -0.39 is 0 Å². The summed E-state index contributed by atoms with van der Waals surface area (Å²) in [4.78, 5) is 35.9. The number of carbonyl (C=O) groups is 2. The zero-order valence-corrected chi connectivity index (χ0v) is 16.0. The van der Waals surface area contributed by atoms with Crippen LogP contribution in [0, 0.1) is 5.92 Å². The van der Waals surface area contributed by atoms with Crippen LogP contribution < -0.4 is 5.32 Å². The monoisotopic (exact) mass is 396 g/mol. The Labute approximate surface area is 166 Å². The first-order valence-corrected chi connectivity index (χ1v) is 9.99. The third kappa shape index (κ3) is 3.94. The summed E-state index contributed by atoms with van der Waals surface area (Å²) in [5.41, 5.74) is 0.867. The van der Waals surface area contributed by atoms with Gasteiger partial charge in [0.1, 0.15) is 12.7 Å². The van der Waals surface area contributed by atoms with Crippen molar-refractivity contribution in [3.63, 3.8) is 0 Å². The number of aromatic nitrogens is 4. The van der Waals surface area contributed by atoms with Crippen molar-refractivity contribution in [1.82, 2.24) is 30.0 Å². The predicted octanol–water partition coefficient (Wildman–Crippen LogP) is 1.89. The molecule has 3 aromatic rings. The molecular weight excluding hydrogens is 376 g/mol. The van der Waals surface area contributed by atoms with Crippen LogP contribution in [0.25, 0.3) is 5.82 Å². The maximum absolute atomic E-state index is 12.6. The van der Waals surface area contributed by atoms with Crippen molar-refractivity contribution in [2.24, 2.45) is 5.92 Å². The number of thiophene rings is 1. The van der Waals surface area contributed by atoms with Gasteiger partial charge < -0.3 is 10.2 Å². The Morgan fingerprint density at radius 2 is 2.07 bits per heavy atom. The molecule has 2 amide bonds. The number of piperidine rings is 1.